The molecule has 1 aromatic heterocycles. The lowest BCUT2D eigenvalue weighted by Gasteiger charge is -2.26. The van der Waals surface area contributed by atoms with Crippen LogP contribution in [0.3, 0.4) is 0 Å². The number of aromatic nitrogens is 2. The quantitative estimate of drug-likeness (QED) is 0.837. The van der Waals surface area contributed by atoms with Gasteiger partial charge in [0.25, 0.3) is 0 Å². The Balaban J connectivity index is 1.59. The van der Waals surface area contributed by atoms with Crippen LogP contribution in [-0.4, -0.2) is 46.7 Å². The molecular formula is C13H22N4. The van der Waals surface area contributed by atoms with Gasteiger partial charge in [-0.2, -0.15) is 0 Å². The average molecular weight is 234 g/mol. The molecule has 0 saturated carbocycles. The molecule has 3 atom stereocenters. The summed E-state index contributed by atoms with van der Waals surface area (Å²) in [5.41, 5.74) is 0. The van der Waals surface area contributed by atoms with Crippen LogP contribution in [0, 0.1) is 11.8 Å². The van der Waals surface area contributed by atoms with Gasteiger partial charge in [-0.05, 0) is 31.3 Å². The number of imidazole rings is 1. The number of hydrogen-bond acceptors (Lipinski definition) is 3. The Kier molecular flexibility index (Phi) is 3.16. The molecule has 0 spiro atoms. The van der Waals surface area contributed by atoms with Crippen molar-refractivity contribution in [3.8, 4) is 0 Å². The van der Waals surface area contributed by atoms with Gasteiger partial charge in [0.15, 0.2) is 0 Å². The maximum absolute atomic E-state index is 4.10. The van der Waals surface area contributed by atoms with E-state index in [9.17, 15) is 0 Å². The maximum Gasteiger partial charge on any atom is 0.0946 e. The first-order valence-corrected chi connectivity index (χ1v) is 6.79. The molecule has 2 aliphatic rings. The number of nitrogens with one attached hydrogen (secondary N) is 1. The lowest BCUT2D eigenvalue weighted by Crippen LogP contribution is -2.37. The molecule has 4 nitrogen and oxygen atoms in total. The van der Waals surface area contributed by atoms with Gasteiger partial charge >= 0.3 is 0 Å². The number of nitrogens with zero attached hydrogens (tertiary/aromatic N) is 3. The molecular weight excluding hydrogens is 212 g/mol. The Bertz CT molecular complexity index is 348. The molecule has 1 N–H and O–H groups in total. The van der Waals surface area contributed by atoms with E-state index in [1.165, 1.54) is 32.6 Å². The standard InChI is InChI=1S/C13H22N4/c1-2-13-12-8-15-7-11(12)9-17(13)6-5-16-4-3-14-10-16/h3-4,10-13,15H,2,5-9H2,1H3. The van der Waals surface area contributed by atoms with Crippen molar-refractivity contribution in [2.24, 2.45) is 11.8 Å². The summed E-state index contributed by atoms with van der Waals surface area (Å²) in [4.78, 5) is 6.79. The summed E-state index contributed by atoms with van der Waals surface area (Å²) < 4.78 is 2.18. The first kappa shape index (κ1) is 11.2. The molecule has 2 fully saturated rings. The Hall–Kier alpha value is -0.870. The molecule has 3 rings (SSSR count). The highest BCUT2D eigenvalue weighted by molar-refractivity contribution is 4.97. The normalized spacial score (nSPS) is 33.1. The Morgan fingerprint density at radius 2 is 2.29 bits per heavy atom. The van der Waals surface area contributed by atoms with E-state index in [2.05, 4.69) is 32.9 Å². The number of rotatable bonds is 4. The van der Waals surface area contributed by atoms with Crippen LogP contribution in [0.2, 0.25) is 0 Å². The molecule has 0 amide bonds. The van der Waals surface area contributed by atoms with Crippen LogP contribution in [-0.2, 0) is 6.54 Å². The summed E-state index contributed by atoms with van der Waals surface area (Å²) in [5.74, 6) is 1.78. The van der Waals surface area contributed by atoms with Crippen LogP contribution in [0.4, 0.5) is 0 Å². The van der Waals surface area contributed by atoms with Gasteiger partial charge in [-0.15, -0.1) is 0 Å². The maximum atomic E-state index is 4.10. The molecule has 0 aromatic carbocycles. The highest BCUT2D eigenvalue weighted by Gasteiger charge is 2.42. The fourth-order valence-electron chi connectivity index (χ4n) is 3.59. The predicted octanol–water partition coefficient (Wildman–Crippen LogP) is 0.813. The minimum absolute atomic E-state index is 0.790. The lowest BCUT2D eigenvalue weighted by atomic mass is 9.93. The zero-order chi connectivity index (χ0) is 11.7. The molecule has 1 aromatic rings. The molecule has 3 heterocycles. The second kappa shape index (κ2) is 4.78. The van der Waals surface area contributed by atoms with E-state index in [-0.39, 0.29) is 0 Å². The largest absolute Gasteiger partial charge is 0.336 e. The summed E-state index contributed by atoms with van der Waals surface area (Å²) in [6, 6.07) is 0.790. The van der Waals surface area contributed by atoms with Crippen LogP contribution < -0.4 is 5.32 Å². The van der Waals surface area contributed by atoms with Gasteiger partial charge < -0.3 is 9.88 Å². The molecule has 17 heavy (non-hydrogen) atoms. The molecule has 2 aliphatic heterocycles. The molecule has 0 bridgehead atoms. The minimum Gasteiger partial charge on any atom is -0.336 e. The Labute approximate surface area is 103 Å². The van der Waals surface area contributed by atoms with Crippen LogP contribution in [0.5, 0.6) is 0 Å². The van der Waals surface area contributed by atoms with E-state index >= 15 is 0 Å². The summed E-state index contributed by atoms with van der Waals surface area (Å²) in [5, 5.41) is 3.54. The van der Waals surface area contributed by atoms with E-state index in [1.54, 1.807) is 0 Å². The van der Waals surface area contributed by atoms with Gasteiger partial charge in [0.2, 0.25) is 0 Å². The van der Waals surface area contributed by atoms with Crippen LogP contribution >= 0.6 is 0 Å². The second-order valence-corrected chi connectivity index (χ2v) is 5.35. The fourth-order valence-corrected chi connectivity index (χ4v) is 3.59. The summed E-state index contributed by atoms with van der Waals surface area (Å²) >= 11 is 0. The van der Waals surface area contributed by atoms with Gasteiger partial charge in [0.05, 0.1) is 6.33 Å². The third-order valence-corrected chi connectivity index (χ3v) is 4.45. The number of fused-ring (bicyclic) bond motifs is 1. The highest BCUT2D eigenvalue weighted by Crippen LogP contribution is 2.33. The monoisotopic (exact) mass is 234 g/mol. The van der Waals surface area contributed by atoms with Crippen molar-refractivity contribution in [3.05, 3.63) is 18.7 Å². The van der Waals surface area contributed by atoms with Crippen LogP contribution in [0.1, 0.15) is 13.3 Å². The van der Waals surface area contributed by atoms with E-state index in [0.717, 1.165) is 24.4 Å². The molecule has 94 valence electrons. The topological polar surface area (TPSA) is 33.1 Å². The van der Waals surface area contributed by atoms with Crippen molar-refractivity contribution < 1.29 is 0 Å². The third kappa shape index (κ3) is 2.11. The molecule has 0 aliphatic carbocycles. The van der Waals surface area contributed by atoms with Crippen molar-refractivity contribution in [2.75, 3.05) is 26.2 Å². The smallest absolute Gasteiger partial charge is 0.0946 e. The summed E-state index contributed by atoms with van der Waals surface area (Å²) in [7, 11) is 0. The van der Waals surface area contributed by atoms with E-state index in [4.69, 9.17) is 0 Å². The second-order valence-electron chi connectivity index (χ2n) is 5.35. The van der Waals surface area contributed by atoms with Gasteiger partial charge in [0.1, 0.15) is 0 Å². The molecule has 4 heteroatoms. The predicted molar refractivity (Wildman–Crippen MR) is 67.7 cm³/mol. The van der Waals surface area contributed by atoms with Crippen molar-refractivity contribution in [2.45, 2.75) is 25.9 Å². The average Bonchev–Trinajstić information content (AvgIpc) is 3.02. The minimum atomic E-state index is 0.790. The lowest BCUT2D eigenvalue weighted by molar-refractivity contribution is 0.211. The summed E-state index contributed by atoms with van der Waals surface area (Å²) in [6.45, 7) is 8.30. The molecule has 0 radical (unpaired) electrons. The van der Waals surface area contributed by atoms with Crippen LogP contribution in [0.25, 0.3) is 0 Å². The van der Waals surface area contributed by atoms with Crippen molar-refractivity contribution >= 4 is 0 Å². The molecule has 2 saturated heterocycles. The van der Waals surface area contributed by atoms with E-state index < -0.39 is 0 Å². The van der Waals surface area contributed by atoms with Crippen molar-refractivity contribution in [1.82, 2.24) is 19.8 Å². The number of likely N-dealkylation sites (tertiary alicyclic amines) is 1. The Morgan fingerprint density at radius 3 is 3.06 bits per heavy atom. The fraction of sp³-hybridized carbons (Fsp3) is 0.769. The molecule has 3 unspecified atom stereocenters. The van der Waals surface area contributed by atoms with Gasteiger partial charge in [-0.25, -0.2) is 4.98 Å². The van der Waals surface area contributed by atoms with Gasteiger partial charge in [-0.3, -0.25) is 4.90 Å². The first-order chi connectivity index (χ1) is 8.38. The zero-order valence-electron chi connectivity index (χ0n) is 10.5. The first-order valence-electron chi connectivity index (χ1n) is 6.79. The van der Waals surface area contributed by atoms with Crippen LogP contribution in [0.15, 0.2) is 18.7 Å². The summed E-state index contributed by atoms with van der Waals surface area (Å²) in [6.07, 6.45) is 7.12. The van der Waals surface area contributed by atoms with Crippen molar-refractivity contribution in [3.63, 3.8) is 0 Å². The SMILES string of the molecule is CCC1C2CNCC2CN1CCn1ccnc1. The van der Waals surface area contributed by atoms with E-state index in [0.29, 0.717) is 0 Å². The van der Waals surface area contributed by atoms with Gasteiger partial charge in [0, 0.05) is 38.1 Å². The Morgan fingerprint density at radius 1 is 1.35 bits per heavy atom. The van der Waals surface area contributed by atoms with Crippen molar-refractivity contribution in [1.29, 1.82) is 0 Å². The zero-order valence-corrected chi connectivity index (χ0v) is 10.5. The third-order valence-electron chi connectivity index (χ3n) is 4.45. The highest BCUT2D eigenvalue weighted by atomic mass is 15.2. The van der Waals surface area contributed by atoms with Gasteiger partial charge in [-0.1, -0.05) is 6.92 Å². The van der Waals surface area contributed by atoms with E-state index in [1.807, 2.05) is 12.5 Å². The number of hydrogen-bond donors (Lipinski definition) is 1.